The van der Waals surface area contributed by atoms with Crippen molar-refractivity contribution in [3.63, 3.8) is 0 Å². The highest BCUT2D eigenvalue weighted by atomic mass is 32.2. The van der Waals surface area contributed by atoms with Crippen LogP contribution in [0.5, 0.6) is 17.2 Å². The number of halogens is 5. The first-order chi connectivity index (χ1) is 26.2. The highest BCUT2D eigenvalue weighted by Gasteiger charge is 2.56. The fraction of sp³-hybridized carbons (Fsp3) is 0.667. The lowest BCUT2D eigenvalue weighted by molar-refractivity contribution is -0.284. The Kier molecular flexibility index (Phi) is 17.5. The van der Waals surface area contributed by atoms with Crippen LogP contribution >= 0.6 is 0 Å². The summed E-state index contributed by atoms with van der Waals surface area (Å²) in [6, 6.07) is 13.9. The van der Waals surface area contributed by atoms with E-state index < -0.39 is 53.4 Å². The molecular formula is C39H57F5N2O9S. The molecule has 0 bridgehead atoms. The van der Waals surface area contributed by atoms with Crippen LogP contribution in [-0.2, 0) is 29.8 Å². The van der Waals surface area contributed by atoms with Gasteiger partial charge < -0.3 is 28.4 Å². The number of nitrogens with one attached hydrogen (secondary N) is 1. The number of carbonyl (C=O) groups is 1. The number of rotatable bonds is 23. The number of fused-ring (bicyclic) bond motifs is 1. The smallest absolute Gasteiger partial charge is 0.453 e. The van der Waals surface area contributed by atoms with E-state index in [9.17, 15) is 35.2 Å². The molecule has 2 aromatic carbocycles. The molecular weight excluding hydrogens is 767 g/mol. The van der Waals surface area contributed by atoms with Gasteiger partial charge in [-0.15, -0.1) is 0 Å². The summed E-state index contributed by atoms with van der Waals surface area (Å²) in [4.78, 5) is 12.6. The van der Waals surface area contributed by atoms with Gasteiger partial charge in [0.15, 0.2) is 13.6 Å². The highest BCUT2D eigenvalue weighted by molar-refractivity contribution is 7.87. The molecule has 2 unspecified atom stereocenters. The van der Waals surface area contributed by atoms with Gasteiger partial charge in [0, 0.05) is 51.1 Å². The minimum absolute atomic E-state index is 0.0558. The molecule has 1 heterocycles. The monoisotopic (exact) mass is 824 g/mol. The summed E-state index contributed by atoms with van der Waals surface area (Å²) in [5, 5.41) is 0. The van der Waals surface area contributed by atoms with Crippen molar-refractivity contribution in [1.29, 1.82) is 0 Å². The van der Waals surface area contributed by atoms with Crippen LogP contribution in [0.1, 0.15) is 109 Å². The molecule has 0 fully saturated rings. The molecule has 318 valence electrons. The van der Waals surface area contributed by atoms with E-state index >= 15 is 0 Å². The number of nitrogens with zero attached hydrogens (tertiary/aromatic N) is 1. The van der Waals surface area contributed by atoms with Crippen molar-refractivity contribution in [3.05, 3.63) is 53.6 Å². The molecule has 0 spiro atoms. The quantitative estimate of drug-likeness (QED) is 0.0664. The molecule has 17 heteroatoms. The van der Waals surface area contributed by atoms with Crippen molar-refractivity contribution >= 4 is 16.3 Å². The van der Waals surface area contributed by atoms with E-state index in [1.807, 2.05) is 24.3 Å². The average molecular weight is 825 g/mol. The molecule has 0 aliphatic carbocycles. The van der Waals surface area contributed by atoms with Crippen molar-refractivity contribution in [1.82, 2.24) is 9.03 Å². The SMILES string of the molecule is COCOc1ccc(C2(C)COc3cc(OCOC)ccc3C2CCCCCCCCCNS(=O)(=O)N(CCCC(F)(F)C(F)(F)F)C(=O)OC(C)(C)C)cc1. The van der Waals surface area contributed by atoms with E-state index in [2.05, 4.69) is 29.8 Å². The molecule has 3 rings (SSSR count). The Hall–Kier alpha value is -3.41. The number of hydrogen-bond acceptors (Lipinski definition) is 9. The third-order valence-electron chi connectivity index (χ3n) is 9.47. The zero-order valence-electron chi connectivity index (χ0n) is 33.1. The maximum Gasteiger partial charge on any atom is 0.453 e. The zero-order chi connectivity index (χ0) is 41.6. The molecule has 1 aliphatic heterocycles. The Morgan fingerprint density at radius 2 is 1.43 bits per heavy atom. The Bertz CT molecular complexity index is 1620. The predicted octanol–water partition coefficient (Wildman–Crippen LogP) is 9.26. The van der Waals surface area contributed by atoms with Gasteiger partial charge in [0.25, 0.3) is 0 Å². The van der Waals surface area contributed by atoms with Crippen LogP contribution < -0.4 is 18.9 Å². The second kappa shape index (κ2) is 20.8. The van der Waals surface area contributed by atoms with Gasteiger partial charge in [-0.05, 0) is 69.4 Å². The third kappa shape index (κ3) is 13.9. The normalized spacial score (nSPS) is 17.5. The summed E-state index contributed by atoms with van der Waals surface area (Å²) >= 11 is 0. The van der Waals surface area contributed by atoms with E-state index in [1.54, 1.807) is 14.2 Å². The standard InChI is InChI=1S/C39H57F5N2O9S/c1-36(2,3)55-35(47)46(24-14-22-38(40,41)39(42,43)44)56(48,49)45-23-13-11-9-7-8-10-12-15-33-32-21-20-31(54-28-51-6)25-34(32)52-26-37(33,4)29-16-18-30(19-17-29)53-27-50-5/h16-21,25,33,45H,7-15,22-24,26-28H2,1-6H3. The van der Waals surface area contributed by atoms with Gasteiger partial charge >= 0.3 is 28.4 Å². The zero-order valence-corrected chi connectivity index (χ0v) is 34.0. The van der Waals surface area contributed by atoms with Crippen molar-refractivity contribution < 1.29 is 63.6 Å². The fourth-order valence-electron chi connectivity index (χ4n) is 6.48. The molecule has 0 saturated carbocycles. The fourth-order valence-corrected chi connectivity index (χ4v) is 7.64. The Labute approximate surface area is 327 Å². The Morgan fingerprint density at radius 1 is 0.857 bits per heavy atom. The molecule has 1 amide bonds. The summed E-state index contributed by atoms with van der Waals surface area (Å²) in [7, 11) is -1.45. The number of alkyl halides is 5. The third-order valence-corrected chi connectivity index (χ3v) is 10.9. The Balaban J connectivity index is 1.51. The molecule has 0 radical (unpaired) electrons. The van der Waals surface area contributed by atoms with Crippen LogP contribution in [0.25, 0.3) is 0 Å². The summed E-state index contributed by atoms with van der Waals surface area (Å²) in [5.41, 5.74) is 0.786. The molecule has 2 aromatic rings. The Morgan fingerprint density at radius 3 is 2.02 bits per heavy atom. The van der Waals surface area contributed by atoms with Gasteiger partial charge in [0.05, 0.1) is 6.61 Å². The van der Waals surface area contributed by atoms with E-state index in [0.29, 0.717) is 30.9 Å². The predicted molar refractivity (Wildman–Crippen MR) is 201 cm³/mol. The van der Waals surface area contributed by atoms with E-state index in [4.69, 9.17) is 28.4 Å². The number of carbonyl (C=O) groups excluding carboxylic acids is 1. The van der Waals surface area contributed by atoms with Crippen LogP contribution in [-0.4, -0.2) is 84.0 Å². The van der Waals surface area contributed by atoms with Crippen molar-refractivity contribution in [2.45, 2.75) is 121 Å². The van der Waals surface area contributed by atoms with Gasteiger partial charge in [-0.3, -0.25) is 0 Å². The molecule has 56 heavy (non-hydrogen) atoms. The highest BCUT2D eigenvalue weighted by Crippen LogP contribution is 2.50. The molecule has 0 aromatic heterocycles. The molecule has 2 atom stereocenters. The topological polar surface area (TPSA) is 122 Å². The molecule has 11 nitrogen and oxygen atoms in total. The van der Waals surface area contributed by atoms with Gasteiger partial charge in [-0.2, -0.15) is 39.4 Å². The van der Waals surface area contributed by atoms with Crippen LogP contribution in [0.3, 0.4) is 0 Å². The molecule has 1 aliphatic rings. The van der Waals surface area contributed by atoms with Crippen LogP contribution in [0.4, 0.5) is 26.7 Å². The maximum atomic E-state index is 13.4. The molecule has 1 N–H and O–H groups in total. The van der Waals surface area contributed by atoms with Crippen molar-refractivity contribution in [2.75, 3.05) is 47.5 Å². The maximum absolute atomic E-state index is 13.4. The lowest BCUT2D eigenvalue weighted by atomic mass is 9.66. The van der Waals surface area contributed by atoms with E-state index in [1.165, 1.54) is 20.8 Å². The second-order valence-corrected chi connectivity index (χ2v) is 16.8. The van der Waals surface area contributed by atoms with Crippen molar-refractivity contribution in [3.8, 4) is 17.2 Å². The summed E-state index contributed by atoms with van der Waals surface area (Å²) < 4.78 is 126. The summed E-state index contributed by atoms with van der Waals surface area (Å²) in [5.74, 6) is -2.72. The van der Waals surface area contributed by atoms with Crippen molar-refractivity contribution in [2.24, 2.45) is 0 Å². The van der Waals surface area contributed by atoms with Gasteiger partial charge in [0.2, 0.25) is 0 Å². The number of hydrogen-bond donors (Lipinski definition) is 1. The number of methoxy groups -OCH3 is 2. The van der Waals surface area contributed by atoms with Crippen LogP contribution in [0, 0.1) is 0 Å². The lowest BCUT2D eigenvalue weighted by Gasteiger charge is -2.43. The van der Waals surface area contributed by atoms with Gasteiger partial charge in [-0.25, -0.2) is 4.79 Å². The van der Waals surface area contributed by atoms with Crippen LogP contribution in [0.15, 0.2) is 42.5 Å². The number of amides is 1. The van der Waals surface area contributed by atoms with E-state index in [0.717, 1.165) is 55.4 Å². The summed E-state index contributed by atoms with van der Waals surface area (Å²) in [6.07, 6.45) is -3.11. The largest absolute Gasteiger partial charge is 0.492 e. The minimum atomic E-state index is -5.79. The number of benzene rings is 2. The lowest BCUT2D eigenvalue weighted by Crippen LogP contribution is -2.47. The van der Waals surface area contributed by atoms with E-state index in [-0.39, 0.29) is 35.8 Å². The first-order valence-electron chi connectivity index (χ1n) is 18.8. The summed E-state index contributed by atoms with van der Waals surface area (Å²) in [6.45, 7) is 6.43. The second-order valence-electron chi connectivity index (χ2n) is 15.1. The number of ether oxygens (including phenoxy) is 6. The minimum Gasteiger partial charge on any atom is -0.492 e. The van der Waals surface area contributed by atoms with Gasteiger partial charge in [0.1, 0.15) is 22.8 Å². The number of unbranched alkanes of at least 4 members (excludes halogenated alkanes) is 6. The van der Waals surface area contributed by atoms with Crippen LogP contribution in [0.2, 0.25) is 0 Å². The molecule has 0 saturated heterocycles. The first-order valence-corrected chi connectivity index (χ1v) is 20.2. The first kappa shape index (κ1) is 47.0. The average Bonchev–Trinajstić information content (AvgIpc) is 3.11. The van der Waals surface area contributed by atoms with Gasteiger partial charge in [-0.1, -0.05) is 63.6 Å².